The highest BCUT2D eigenvalue weighted by Gasteiger charge is 2.15. The zero-order chi connectivity index (χ0) is 18.4. The highest BCUT2D eigenvalue weighted by atomic mass is 35.5. The van der Waals surface area contributed by atoms with Gasteiger partial charge < -0.3 is 15.5 Å². The molecule has 0 aliphatic rings. The lowest BCUT2D eigenvalue weighted by molar-refractivity contribution is -0.384. The molecule has 0 aliphatic carbocycles. The fraction of sp³-hybridized carbons (Fsp3) is 0.235. The third-order valence-electron chi connectivity index (χ3n) is 3.67. The molecule has 0 fully saturated rings. The lowest BCUT2D eigenvalue weighted by Crippen LogP contribution is -2.36. The minimum Gasteiger partial charge on any atom is -0.361 e. The number of hydrogen-bond acceptors (Lipinski definition) is 4. The Labute approximate surface area is 156 Å². The molecule has 25 heavy (non-hydrogen) atoms. The number of nitrogens with zero attached hydrogens (tertiary/aromatic N) is 2. The smallest absolute Gasteiger partial charge is 0.271 e. The maximum absolute atomic E-state index is 10.9. The lowest BCUT2D eigenvalue weighted by atomic mass is 10.1. The Balaban J connectivity index is 2.02. The van der Waals surface area contributed by atoms with Crippen molar-refractivity contribution in [1.29, 1.82) is 0 Å². The van der Waals surface area contributed by atoms with Gasteiger partial charge in [-0.25, -0.2) is 0 Å². The Morgan fingerprint density at radius 3 is 2.56 bits per heavy atom. The fourth-order valence-corrected chi connectivity index (χ4v) is 2.71. The summed E-state index contributed by atoms with van der Waals surface area (Å²) in [5.41, 5.74) is 1.51. The minimum atomic E-state index is -0.477. The number of rotatable bonds is 6. The maximum atomic E-state index is 10.9. The van der Waals surface area contributed by atoms with E-state index >= 15 is 0 Å². The van der Waals surface area contributed by atoms with Gasteiger partial charge in [0, 0.05) is 18.7 Å². The summed E-state index contributed by atoms with van der Waals surface area (Å²) in [5.74, 6) is 0. The summed E-state index contributed by atoms with van der Waals surface area (Å²) in [7, 11) is 3.99. The number of nitro benzene ring substituents is 1. The van der Waals surface area contributed by atoms with Gasteiger partial charge in [-0.05, 0) is 37.9 Å². The predicted octanol–water partition coefficient (Wildman–Crippen LogP) is 3.84. The highest BCUT2D eigenvalue weighted by Crippen LogP contribution is 2.26. The van der Waals surface area contributed by atoms with Gasteiger partial charge in [0.25, 0.3) is 5.69 Å². The monoisotopic (exact) mass is 378 g/mol. The van der Waals surface area contributed by atoms with Crippen LogP contribution in [0.25, 0.3) is 0 Å². The first-order valence-electron chi connectivity index (χ1n) is 7.58. The second kappa shape index (κ2) is 8.75. The van der Waals surface area contributed by atoms with E-state index in [9.17, 15) is 10.1 Å². The third kappa shape index (κ3) is 5.38. The zero-order valence-corrected chi connectivity index (χ0v) is 15.5. The number of anilines is 1. The van der Waals surface area contributed by atoms with Gasteiger partial charge in [-0.3, -0.25) is 10.1 Å². The van der Waals surface area contributed by atoms with Gasteiger partial charge in [0.15, 0.2) is 5.11 Å². The first-order chi connectivity index (χ1) is 11.9. The average Bonchev–Trinajstić information content (AvgIpc) is 2.57. The van der Waals surface area contributed by atoms with Crippen molar-refractivity contribution < 1.29 is 4.92 Å². The summed E-state index contributed by atoms with van der Waals surface area (Å²) < 4.78 is 0. The van der Waals surface area contributed by atoms with Crippen molar-refractivity contribution in [2.75, 3.05) is 26.0 Å². The maximum Gasteiger partial charge on any atom is 0.271 e. The molecular formula is C17H19ClN4O2S. The van der Waals surface area contributed by atoms with Gasteiger partial charge >= 0.3 is 0 Å². The third-order valence-corrected chi connectivity index (χ3v) is 4.25. The lowest BCUT2D eigenvalue weighted by Gasteiger charge is -2.25. The molecule has 2 aromatic rings. The Hall–Kier alpha value is -2.22. The number of benzene rings is 2. The van der Waals surface area contributed by atoms with Gasteiger partial charge in [-0.2, -0.15) is 0 Å². The highest BCUT2D eigenvalue weighted by molar-refractivity contribution is 7.80. The molecule has 2 aromatic carbocycles. The molecule has 0 amide bonds. The van der Waals surface area contributed by atoms with E-state index < -0.39 is 4.92 Å². The van der Waals surface area contributed by atoms with Crippen molar-refractivity contribution in [3.8, 4) is 0 Å². The van der Waals surface area contributed by atoms with Crippen LogP contribution in [0.2, 0.25) is 5.02 Å². The first-order valence-corrected chi connectivity index (χ1v) is 8.37. The van der Waals surface area contributed by atoms with Crippen LogP contribution in [0.3, 0.4) is 0 Å². The van der Waals surface area contributed by atoms with Crippen LogP contribution in [-0.2, 0) is 0 Å². The van der Waals surface area contributed by atoms with Gasteiger partial charge in [0.2, 0.25) is 0 Å². The molecule has 0 saturated heterocycles. The van der Waals surface area contributed by atoms with E-state index in [1.54, 1.807) is 0 Å². The molecular weight excluding hydrogens is 360 g/mol. The fourth-order valence-electron chi connectivity index (χ4n) is 2.35. The Morgan fingerprint density at radius 1 is 1.28 bits per heavy atom. The van der Waals surface area contributed by atoms with Crippen LogP contribution in [0.15, 0.2) is 48.5 Å². The molecule has 132 valence electrons. The largest absolute Gasteiger partial charge is 0.361 e. The van der Waals surface area contributed by atoms with Crippen molar-refractivity contribution in [2.24, 2.45) is 0 Å². The molecule has 2 rings (SSSR count). The van der Waals surface area contributed by atoms with E-state index in [1.165, 1.54) is 18.2 Å². The van der Waals surface area contributed by atoms with Crippen LogP contribution in [0.5, 0.6) is 0 Å². The van der Waals surface area contributed by atoms with Gasteiger partial charge in [-0.15, -0.1) is 0 Å². The van der Waals surface area contributed by atoms with Crippen molar-refractivity contribution in [3.05, 3.63) is 69.2 Å². The quantitative estimate of drug-likeness (QED) is 0.452. The van der Waals surface area contributed by atoms with Crippen molar-refractivity contribution in [2.45, 2.75) is 6.04 Å². The Morgan fingerprint density at radius 2 is 1.96 bits per heavy atom. The molecule has 6 nitrogen and oxygen atoms in total. The van der Waals surface area contributed by atoms with Crippen LogP contribution in [0.4, 0.5) is 11.4 Å². The standard InChI is InChI=1S/C17H19ClN4O2S/c1-21(2)16(12-6-4-3-5-7-12)11-19-17(25)20-15-10-13(22(23)24)8-9-14(15)18/h3-10,16H,11H2,1-2H3,(H2,19,20,25)/t16-/m1/s1. The van der Waals surface area contributed by atoms with E-state index in [0.29, 0.717) is 22.4 Å². The van der Waals surface area contributed by atoms with E-state index in [1.807, 2.05) is 32.3 Å². The zero-order valence-electron chi connectivity index (χ0n) is 13.9. The molecule has 0 heterocycles. The SMILES string of the molecule is CN(C)[C@H](CNC(=S)Nc1cc([N+](=O)[O-])ccc1Cl)c1ccccc1. The number of nitro groups is 1. The number of thiocarbonyl (C=S) groups is 1. The van der Waals surface area contributed by atoms with Crippen LogP contribution in [0.1, 0.15) is 11.6 Å². The molecule has 2 N–H and O–H groups in total. The van der Waals surface area contributed by atoms with Crippen LogP contribution >= 0.6 is 23.8 Å². The van der Waals surface area contributed by atoms with E-state index in [-0.39, 0.29) is 11.7 Å². The van der Waals surface area contributed by atoms with Gasteiger partial charge in [0.05, 0.1) is 21.7 Å². The molecule has 0 aliphatic heterocycles. The summed E-state index contributed by atoms with van der Waals surface area (Å²) >= 11 is 11.4. The summed E-state index contributed by atoms with van der Waals surface area (Å²) in [6.07, 6.45) is 0. The van der Waals surface area contributed by atoms with Crippen LogP contribution in [-0.4, -0.2) is 35.6 Å². The molecule has 0 radical (unpaired) electrons. The summed E-state index contributed by atoms with van der Waals surface area (Å²) in [6.45, 7) is 0.579. The average molecular weight is 379 g/mol. The van der Waals surface area contributed by atoms with E-state index in [0.717, 1.165) is 5.56 Å². The predicted molar refractivity (Wildman–Crippen MR) is 105 cm³/mol. The number of halogens is 1. The van der Waals surface area contributed by atoms with Gasteiger partial charge in [-0.1, -0.05) is 41.9 Å². The molecule has 0 aromatic heterocycles. The molecule has 0 spiro atoms. The summed E-state index contributed by atoms with van der Waals surface area (Å²) in [5, 5.41) is 17.6. The number of hydrogen-bond donors (Lipinski definition) is 2. The van der Waals surface area contributed by atoms with E-state index in [2.05, 4.69) is 27.7 Å². The molecule has 0 saturated carbocycles. The minimum absolute atomic E-state index is 0.0508. The number of non-ortho nitro benzene ring substituents is 1. The second-order valence-electron chi connectivity index (χ2n) is 5.65. The summed E-state index contributed by atoms with van der Waals surface area (Å²) in [6, 6.07) is 14.4. The Kier molecular flexibility index (Phi) is 6.69. The summed E-state index contributed by atoms with van der Waals surface area (Å²) in [4.78, 5) is 12.5. The molecule has 0 unspecified atom stereocenters. The molecule has 1 atom stereocenters. The number of nitrogens with one attached hydrogen (secondary N) is 2. The number of likely N-dealkylation sites (N-methyl/N-ethyl adjacent to an activating group) is 1. The van der Waals surface area contributed by atoms with Crippen LogP contribution < -0.4 is 10.6 Å². The molecule has 0 bridgehead atoms. The van der Waals surface area contributed by atoms with Gasteiger partial charge in [0.1, 0.15) is 0 Å². The van der Waals surface area contributed by atoms with Crippen molar-refractivity contribution in [1.82, 2.24) is 10.2 Å². The van der Waals surface area contributed by atoms with Crippen molar-refractivity contribution in [3.63, 3.8) is 0 Å². The molecule has 8 heteroatoms. The van der Waals surface area contributed by atoms with E-state index in [4.69, 9.17) is 23.8 Å². The topological polar surface area (TPSA) is 70.4 Å². The van der Waals surface area contributed by atoms with Crippen LogP contribution in [0, 0.1) is 10.1 Å². The van der Waals surface area contributed by atoms with Crippen molar-refractivity contribution >= 4 is 40.3 Å². The normalized spacial score (nSPS) is 11.8. The first kappa shape index (κ1) is 19.1. The second-order valence-corrected chi connectivity index (χ2v) is 6.46. The Bertz CT molecular complexity index is 756.